The van der Waals surface area contributed by atoms with Crippen LogP contribution in [0.15, 0.2) is 41.2 Å². The molecule has 0 aliphatic carbocycles. The van der Waals surface area contributed by atoms with E-state index in [-0.39, 0.29) is 12.0 Å². The number of nitrogens with zero attached hydrogens (tertiary/aromatic N) is 2. The van der Waals surface area contributed by atoms with Gasteiger partial charge in [-0.1, -0.05) is 32.0 Å². The first-order valence-corrected chi connectivity index (χ1v) is 7.90. The zero-order chi connectivity index (χ0) is 16.8. The van der Waals surface area contributed by atoms with Gasteiger partial charge in [-0.25, -0.2) is 0 Å². The fourth-order valence-corrected chi connectivity index (χ4v) is 2.45. The van der Waals surface area contributed by atoms with E-state index in [2.05, 4.69) is 13.8 Å². The van der Waals surface area contributed by atoms with Gasteiger partial charge in [-0.15, -0.1) is 0 Å². The van der Waals surface area contributed by atoms with Gasteiger partial charge in [0, 0.05) is 17.7 Å². The summed E-state index contributed by atoms with van der Waals surface area (Å²) in [4.78, 5) is 12.5. The van der Waals surface area contributed by atoms with E-state index in [9.17, 15) is 4.79 Å². The molecule has 0 N–H and O–H groups in total. The van der Waals surface area contributed by atoms with Crippen LogP contribution in [-0.2, 0) is 13.0 Å². The molecule has 0 unspecified atom stereocenters. The second kappa shape index (κ2) is 7.64. The number of benzene rings is 1. The highest BCUT2D eigenvalue weighted by Crippen LogP contribution is 2.29. The van der Waals surface area contributed by atoms with Gasteiger partial charge in [0.15, 0.2) is 0 Å². The zero-order valence-corrected chi connectivity index (χ0v) is 13.9. The molecule has 2 rings (SSSR count). The highest BCUT2D eigenvalue weighted by Gasteiger charge is 2.13. The van der Waals surface area contributed by atoms with Crippen LogP contribution in [0.3, 0.4) is 0 Å². The first-order chi connectivity index (χ1) is 11.1. The van der Waals surface area contributed by atoms with Gasteiger partial charge >= 0.3 is 0 Å². The quantitative estimate of drug-likeness (QED) is 0.818. The summed E-state index contributed by atoms with van der Waals surface area (Å²) in [5, 5.41) is 8.84. The van der Waals surface area contributed by atoms with Crippen LogP contribution in [0.25, 0.3) is 11.3 Å². The molecule has 0 amide bonds. The number of rotatable bonds is 6. The normalized spacial score (nSPS) is 10.6. The summed E-state index contributed by atoms with van der Waals surface area (Å²) >= 11 is 0. The molecule has 4 nitrogen and oxygen atoms in total. The smallest absolute Gasteiger partial charge is 0.255 e. The van der Waals surface area contributed by atoms with Crippen molar-refractivity contribution in [3.05, 3.63) is 52.3 Å². The second-order valence-corrected chi connectivity index (χ2v) is 5.83. The van der Waals surface area contributed by atoms with Crippen LogP contribution in [0.2, 0.25) is 0 Å². The van der Waals surface area contributed by atoms with E-state index in [0.29, 0.717) is 24.6 Å². The Balaban J connectivity index is 2.53. The van der Waals surface area contributed by atoms with Crippen LogP contribution >= 0.6 is 0 Å². The van der Waals surface area contributed by atoms with Crippen molar-refractivity contribution in [1.82, 2.24) is 4.57 Å². The van der Waals surface area contributed by atoms with E-state index < -0.39 is 0 Å². The molecule has 0 atom stereocenters. The van der Waals surface area contributed by atoms with Gasteiger partial charge < -0.3 is 9.30 Å². The van der Waals surface area contributed by atoms with Gasteiger partial charge in [0.1, 0.15) is 5.75 Å². The third-order valence-electron chi connectivity index (χ3n) is 3.57. The van der Waals surface area contributed by atoms with Gasteiger partial charge in [0.25, 0.3) is 5.56 Å². The fourth-order valence-electron chi connectivity index (χ4n) is 2.45. The van der Waals surface area contributed by atoms with Crippen LogP contribution in [-0.4, -0.2) is 11.2 Å². The lowest BCUT2D eigenvalue weighted by atomic mass is 10.1. The van der Waals surface area contributed by atoms with Crippen molar-refractivity contribution in [2.24, 2.45) is 5.92 Å². The Hall–Kier alpha value is -2.54. The molecule has 0 aliphatic rings. The molecule has 1 aromatic carbocycles. The number of aromatic nitrogens is 1. The van der Waals surface area contributed by atoms with E-state index in [1.807, 2.05) is 43.3 Å². The number of pyridine rings is 1. The van der Waals surface area contributed by atoms with Crippen molar-refractivity contribution < 1.29 is 4.74 Å². The number of ether oxygens (including phenoxy) is 1. The summed E-state index contributed by atoms with van der Waals surface area (Å²) < 4.78 is 7.60. The monoisotopic (exact) mass is 310 g/mol. The molecule has 1 heterocycles. The van der Waals surface area contributed by atoms with Gasteiger partial charge in [-0.05, 0) is 31.0 Å². The number of hydrogen-bond acceptors (Lipinski definition) is 3. The summed E-state index contributed by atoms with van der Waals surface area (Å²) in [7, 11) is 0. The topological polar surface area (TPSA) is 55.0 Å². The van der Waals surface area contributed by atoms with E-state index in [1.54, 1.807) is 10.6 Å². The molecule has 0 bridgehead atoms. The van der Waals surface area contributed by atoms with Gasteiger partial charge in [0.2, 0.25) is 0 Å². The first kappa shape index (κ1) is 16.8. The molecule has 120 valence electrons. The molecule has 0 radical (unpaired) electrons. The predicted octanol–water partition coefficient (Wildman–Crippen LogP) is 3.64. The van der Waals surface area contributed by atoms with Crippen LogP contribution < -0.4 is 10.3 Å². The zero-order valence-electron chi connectivity index (χ0n) is 13.9. The minimum absolute atomic E-state index is 0.106. The molecule has 0 spiro atoms. The molecule has 1 aromatic heterocycles. The third kappa shape index (κ3) is 3.81. The van der Waals surface area contributed by atoms with Gasteiger partial charge in [0.05, 0.1) is 24.8 Å². The van der Waals surface area contributed by atoms with Gasteiger partial charge in [-0.3, -0.25) is 4.79 Å². The largest absolute Gasteiger partial charge is 0.493 e. The lowest BCUT2D eigenvalue weighted by Crippen LogP contribution is -2.24. The highest BCUT2D eigenvalue weighted by molar-refractivity contribution is 5.67. The van der Waals surface area contributed by atoms with E-state index in [4.69, 9.17) is 10.00 Å². The Labute approximate surface area is 137 Å². The summed E-state index contributed by atoms with van der Waals surface area (Å²) in [5.41, 5.74) is 2.14. The van der Waals surface area contributed by atoms with Crippen molar-refractivity contribution in [2.45, 2.75) is 33.7 Å². The Morgan fingerprint density at radius 1 is 1.22 bits per heavy atom. The predicted molar refractivity (Wildman–Crippen MR) is 91.5 cm³/mol. The van der Waals surface area contributed by atoms with Crippen molar-refractivity contribution in [1.29, 1.82) is 5.26 Å². The highest BCUT2D eigenvalue weighted by atomic mass is 16.5. The number of hydrogen-bond donors (Lipinski definition) is 0. The summed E-state index contributed by atoms with van der Waals surface area (Å²) in [5.74, 6) is 1.20. The molecule has 0 saturated heterocycles. The maximum Gasteiger partial charge on any atom is 0.255 e. The average molecular weight is 310 g/mol. The van der Waals surface area contributed by atoms with Crippen LogP contribution in [0, 0.1) is 17.2 Å². The molecule has 0 aliphatic heterocycles. The maximum atomic E-state index is 12.5. The lowest BCUT2D eigenvalue weighted by molar-refractivity contribution is 0.272. The minimum Gasteiger partial charge on any atom is -0.493 e. The Morgan fingerprint density at radius 2 is 1.96 bits per heavy atom. The average Bonchev–Trinajstić information content (AvgIpc) is 2.55. The lowest BCUT2D eigenvalue weighted by Gasteiger charge is -2.17. The van der Waals surface area contributed by atoms with Gasteiger partial charge in [-0.2, -0.15) is 5.26 Å². The van der Waals surface area contributed by atoms with Crippen LogP contribution in [0.4, 0.5) is 0 Å². The first-order valence-electron chi connectivity index (χ1n) is 7.90. The molecular weight excluding hydrogens is 288 g/mol. The van der Waals surface area contributed by atoms with E-state index >= 15 is 0 Å². The minimum atomic E-state index is -0.106. The van der Waals surface area contributed by atoms with E-state index in [0.717, 1.165) is 17.0 Å². The molecule has 0 saturated carbocycles. The van der Waals surface area contributed by atoms with Crippen molar-refractivity contribution >= 4 is 0 Å². The SMILES string of the molecule is CCn1c(-c2ccccc2OCC(C)C)ccc(CC#N)c1=O. The maximum absolute atomic E-state index is 12.5. The summed E-state index contributed by atoms with van der Waals surface area (Å²) in [6, 6.07) is 13.4. The third-order valence-corrected chi connectivity index (χ3v) is 3.57. The summed E-state index contributed by atoms with van der Waals surface area (Å²) in [6.45, 7) is 7.30. The molecule has 2 aromatic rings. The van der Waals surface area contributed by atoms with Crippen molar-refractivity contribution in [3.8, 4) is 23.1 Å². The number of para-hydroxylation sites is 1. The standard InChI is InChI=1S/C19H22N2O2/c1-4-21-17(10-9-15(11-12-20)19(21)22)16-7-5-6-8-18(16)23-13-14(2)3/h5-10,14H,4,11,13H2,1-3H3. The number of nitriles is 1. The Kier molecular flexibility index (Phi) is 5.59. The fraction of sp³-hybridized carbons (Fsp3) is 0.368. The van der Waals surface area contributed by atoms with Crippen molar-refractivity contribution in [3.63, 3.8) is 0 Å². The van der Waals surface area contributed by atoms with Crippen LogP contribution in [0.1, 0.15) is 26.3 Å². The molecule has 0 fully saturated rings. The molecule has 4 heteroatoms. The molecular formula is C19H22N2O2. The Bertz CT molecular complexity index is 770. The summed E-state index contributed by atoms with van der Waals surface area (Å²) in [6.07, 6.45) is 0.130. The second-order valence-electron chi connectivity index (χ2n) is 5.83. The van der Waals surface area contributed by atoms with Crippen LogP contribution in [0.5, 0.6) is 5.75 Å². The molecule has 23 heavy (non-hydrogen) atoms. The van der Waals surface area contributed by atoms with Crippen molar-refractivity contribution in [2.75, 3.05) is 6.61 Å². The van der Waals surface area contributed by atoms with E-state index in [1.165, 1.54) is 0 Å². The Morgan fingerprint density at radius 3 is 2.61 bits per heavy atom.